The molecule has 0 spiro atoms. The molecule has 0 amide bonds. The fourth-order valence-corrected chi connectivity index (χ4v) is 0.381. The van der Waals surface area contributed by atoms with E-state index < -0.39 is 0 Å². The van der Waals surface area contributed by atoms with Crippen LogP contribution in [0, 0.1) is 11.8 Å². The summed E-state index contributed by atoms with van der Waals surface area (Å²) in [5.74, 6) is 6.79. The van der Waals surface area contributed by atoms with E-state index in [0.717, 1.165) is 18.6 Å². The molecule has 0 aliphatic carbocycles. The van der Waals surface area contributed by atoms with E-state index in [1.165, 1.54) is 0 Å². The average Bonchev–Trinajstić information content (AvgIpc) is 1.69. The van der Waals surface area contributed by atoms with Crippen LogP contribution in [-0.4, -0.2) is 5.75 Å². The van der Waals surface area contributed by atoms with Crippen LogP contribution in [0.2, 0.25) is 0 Å². The molecule has 0 atom stereocenters. The predicted molar refractivity (Wildman–Crippen MR) is 36.5 cm³/mol. The Morgan fingerprint density at radius 2 is 2.14 bits per heavy atom. The minimum absolute atomic E-state index is 0.882. The first-order valence-electron chi connectivity index (χ1n) is 2.48. The summed E-state index contributed by atoms with van der Waals surface area (Å²) in [4.78, 5) is 0. The monoisotopic (exact) mass is 114 g/mol. The largest absolute Gasteiger partial charge is 0.178 e. The summed E-state index contributed by atoms with van der Waals surface area (Å²) in [6, 6.07) is 0. The van der Waals surface area contributed by atoms with Crippen molar-refractivity contribution in [1.29, 1.82) is 0 Å². The molecule has 0 aliphatic heterocycles. The fourth-order valence-electron chi connectivity index (χ4n) is 0.269. The van der Waals surface area contributed by atoms with Gasteiger partial charge < -0.3 is 0 Å². The minimum atomic E-state index is 0.882. The fraction of sp³-hybridized carbons (Fsp3) is 0.667. The van der Waals surface area contributed by atoms with Crippen molar-refractivity contribution in [3.8, 4) is 11.8 Å². The lowest BCUT2D eigenvalue weighted by molar-refractivity contribution is 1.25. The first kappa shape index (κ1) is 6.91. The van der Waals surface area contributed by atoms with E-state index in [4.69, 9.17) is 0 Å². The van der Waals surface area contributed by atoms with Crippen molar-refractivity contribution in [3.05, 3.63) is 0 Å². The first-order chi connectivity index (χ1) is 3.41. The summed E-state index contributed by atoms with van der Waals surface area (Å²) in [6.45, 7) is 2.05. The van der Waals surface area contributed by atoms with Gasteiger partial charge in [0.15, 0.2) is 0 Å². The predicted octanol–water partition coefficient (Wildman–Crippen LogP) is 1.72. The molecule has 0 saturated carbocycles. The highest BCUT2D eigenvalue weighted by Gasteiger charge is 1.66. The Balaban J connectivity index is 2.91. The lowest BCUT2D eigenvalue weighted by Gasteiger charge is -1.73. The second-order valence-corrected chi connectivity index (χ2v) is 1.63. The molecule has 40 valence electrons. The molecular weight excluding hydrogens is 104 g/mol. The maximum atomic E-state index is 3.99. The summed E-state index contributed by atoms with van der Waals surface area (Å²) in [5.41, 5.74) is 0. The molecule has 0 fully saturated rings. The van der Waals surface area contributed by atoms with E-state index in [1.807, 2.05) is 6.92 Å². The van der Waals surface area contributed by atoms with Crippen LogP contribution in [0.15, 0.2) is 0 Å². The number of hydrogen-bond acceptors (Lipinski definition) is 1. The Kier molecular flexibility index (Phi) is 5.83. The van der Waals surface area contributed by atoms with Crippen LogP contribution >= 0.6 is 12.6 Å². The second-order valence-electron chi connectivity index (χ2n) is 1.18. The molecule has 7 heavy (non-hydrogen) atoms. The van der Waals surface area contributed by atoms with Gasteiger partial charge in [-0.2, -0.15) is 12.6 Å². The lowest BCUT2D eigenvalue weighted by atomic mass is 10.4. The molecule has 0 unspecified atom stereocenters. The van der Waals surface area contributed by atoms with E-state index in [9.17, 15) is 0 Å². The topological polar surface area (TPSA) is 0 Å². The summed E-state index contributed by atoms with van der Waals surface area (Å²) in [6.07, 6.45) is 1.89. The number of hydrogen-bond donors (Lipinski definition) is 1. The van der Waals surface area contributed by atoms with Gasteiger partial charge in [-0.3, -0.25) is 0 Å². The van der Waals surface area contributed by atoms with Crippen LogP contribution in [0.5, 0.6) is 0 Å². The van der Waals surface area contributed by atoms with E-state index in [0.29, 0.717) is 0 Å². The van der Waals surface area contributed by atoms with E-state index >= 15 is 0 Å². The van der Waals surface area contributed by atoms with Gasteiger partial charge >= 0.3 is 0 Å². The van der Waals surface area contributed by atoms with Gasteiger partial charge in [-0.1, -0.05) is 6.92 Å². The van der Waals surface area contributed by atoms with Crippen LogP contribution < -0.4 is 0 Å². The zero-order valence-corrected chi connectivity index (χ0v) is 5.46. The normalized spacial score (nSPS) is 7.14. The van der Waals surface area contributed by atoms with Crippen molar-refractivity contribution in [1.82, 2.24) is 0 Å². The maximum Gasteiger partial charge on any atom is 0.0177 e. The van der Waals surface area contributed by atoms with Crippen LogP contribution in [0.3, 0.4) is 0 Å². The molecule has 0 aromatic rings. The number of rotatable bonds is 1. The molecule has 0 rings (SSSR count). The highest BCUT2D eigenvalue weighted by atomic mass is 32.1. The van der Waals surface area contributed by atoms with Crippen molar-refractivity contribution in [2.75, 3.05) is 5.75 Å². The third-order valence-corrected chi connectivity index (χ3v) is 0.762. The van der Waals surface area contributed by atoms with Crippen molar-refractivity contribution >= 4 is 12.6 Å². The van der Waals surface area contributed by atoms with Gasteiger partial charge in [-0.25, -0.2) is 0 Å². The van der Waals surface area contributed by atoms with Crippen LogP contribution in [-0.2, 0) is 0 Å². The third kappa shape index (κ3) is 5.91. The molecule has 0 bridgehead atoms. The molecule has 1 heteroatoms. The highest BCUT2D eigenvalue weighted by Crippen LogP contribution is 1.79. The number of thiol groups is 1. The van der Waals surface area contributed by atoms with Gasteiger partial charge in [-0.05, 0) is 0 Å². The Labute approximate surface area is 50.7 Å². The van der Waals surface area contributed by atoms with Crippen molar-refractivity contribution in [3.63, 3.8) is 0 Å². The molecule has 0 heterocycles. The SMILES string of the molecule is CCC#CCCS. The Hall–Kier alpha value is -0.0900. The smallest absolute Gasteiger partial charge is 0.0177 e. The molecule has 0 saturated heterocycles. The van der Waals surface area contributed by atoms with Crippen molar-refractivity contribution in [2.24, 2.45) is 0 Å². The molecule has 0 radical (unpaired) electrons. The van der Waals surface area contributed by atoms with Gasteiger partial charge in [0, 0.05) is 18.6 Å². The second kappa shape index (κ2) is 5.91. The molecule has 0 aliphatic rings. The first-order valence-corrected chi connectivity index (χ1v) is 3.11. The van der Waals surface area contributed by atoms with Gasteiger partial charge in [0.1, 0.15) is 0 Å². The standard InChI is InChI=1S/C6H10S/c1-2-3-4-5-6-7/h7H,2,5-6H2,1H3. The van der Waals surface area contributed by atoms with Crippen LogP contribution in [0.25, 0.3) is 0 Å². The van der Waals surface area contributed by atoms with Crippen molar-refractivity contribution in [2.45, 2.75) is 19.8 Å². The zero-order chi connectivity index (χ0) is 5.54. The van der Waals surface area contributed by atoms with Gasteiger partial charge in [0.2, 0.25) is 0 Å². The summed E-state index contributed by atoms with van der Waals surface area (Å²) < 4.78 is 0. The van der Waals surface area contributed by atoms with Gasteiger partial charge in [0.25, 0.3) is 0 Å². The summed E-state index contributed by atoms with van der Waals surface area (Å²) in [7, 11) is 0. The summed E-state index contributed by atoms with van der Waals surface area (Å²) >= 11 is 3.99. The third-order valence-electron chi connectivity index (χ3n) is 0.539. The zero-order valence-electron chi connectivity index (χ0n) is 4.57. The molecule has 0 nitrogen and oxygen atoms in total. The van der Waals surface area contributed by atoms with Gasteiger partial charge in [0.05, 0.1) is 0 Å². The highest BCUT2D eigenvalue weighted by molar-refractivity contribution is 7.80. The molecular formula is C6H10S. The minimum Gasteiger partial charge on any atom is -0.178 e. The Morgan fingerprint density at radius 3 is 2.57 bits per heavy atom. The van der Waals surface area contributed by atoms with Crippen molar-refractivity contribution < 1.29 is 0 Å². The van der Waals surface area contributed by atoms with E-state index in [-0.39, 0.29) is 0 Å². The molecule has 0 N–H and O–H groups in total. The molecule has 0 aromatic carbocycles. The summed E-state index contributed by atoms with van der Waals surface area (Å²) in [5, 5.41) is 0. The van der Waals surface area contributed by atoms with Crippen LogP contribution in [0.4, 0.5) is 0 Å². The lowest BCUT2D eigenvalue weighted by Crippen LogP contribution is -1.65. The van der Waals surface area contributed by atoms with E-state index in [2.05, 4.69) is 24.5 Å². The average molecular weight is 114 g/mol. The Bertz CT molecular complexity index is 75.9. The van der Waals surface area contributed by atoms with Gasteiger partial charge in [-0.15, -0.1) is 11.8 Å². The van der Waals surface area contributed by atoms with E-state index in [1.54, 1.807) is 0 Å². The Morgan fingerprint density at radius 1 is 1.43 bits per heavy atom. The maximum absolute atomic E-state index is 3.99. The van der Waals surface area contributed by atoms with Crippen LogP contribution in [0.1, 0.15) is 19.8 Å². The molecule has 0 aromatic heterocycles. The quantitative estimate of drug-likeness (QED) is 0.389.